The first-order valence-electron chi connectivity index (χ1n) is 5.30. The van der Waals surface area contributed by atoms with Gasteiger partial charge in [0.1, 0.15) is 5.75 Å². The standard InChI is InChI=1S/C14H13NO2/c1-10(16)17-12-7-8-14(15)13(9-12)11-5-3-2-4-6-11/h2-9H,15H2,1H3. The maximum absolute atomic E-state index is 10.9. The summed E-state index contributed by atoms with van der Waals surface area (Å²) in [5.41, 5.74) is 8.44. The molecule has 0 saturated carbocycles. The third-order valence-electron chi connectivity index (χ3n) is 2.37. The van der Waals surface area contributed by atoms with Crippen LogP contribution in [0.25, 0.3) is 11.1 Å². The number of nitrogen functional groups attached to an aromatic ring is 1. The van der Waals surface area contributed by atoms with E-state index in [1.807, 2.05) is 30.3 Å². The van der Waals surface area contributed by atoms with Crippen LogP contribution in [0.2, 0.25) is 0 Å². The van der Waals surface area contributed by atoms with Gasteiger partial charge in [-0.3, -0.25) is 4.79 Å². The van der Waals surface area contributed by atoms with Crippen molar-refractivity contribution in [2.75, 3.05) is 5.73 Å². The molecule has 86 valence electrons. The van der Waals surface area contributed by atoms with Crippen LogP contribution in [0, 0.1) is 0 Å². The van der Waals surface area contributed by atoms with Crippen molar-refractivity contribution in [1.29, 1.82) is 0 Å². The van der Waals surface area contributed by atoms with Crippen LogP contribution < -0.4 is 10.5 Å². The minimum atomic E-state index is -0.339. The van der Waals surface area contributed by atoms with Crippen LogP contribution in [0.4, 0.5) is 5.69 Å². The minimum absolute atomic E-state index is 0.339. The number of hydrogen-bond acceptors (Lipinski definition) is 3. The van der Waals surface area contributed by atoms with Crippen molar-refractivity contribution in [1.82, 2.24) is 0 Å². The summed E-state index contributed by atoms with van der Waals surface area (Å²) >= 11 is 0. The van der Waals surface area contributed by atoms with E-state index in [2.05, 4.69) is 0 Å². The first kappa shape index (κ1) is 11.2. The highest BCUT2D eigenvalue weighted by molar-refractivity contribution is 5.78. The van der Waals surface area contributed by atoms with Crippen molar-refractivity contribution < 1.29 is 9.53 Å². The second kappa shape index (κ2) is 4.70. The maximum Gasteiger partial charge on any atom is 0.308 e. The molecule has 2 aromatic carbocycles. The van der Waals surface area contributed by atoms with Crippen molar-refractivity contribution in [3.8, 4) is 16.9 Å². The fourth-order valence-corrected chi connectivity index (χ4v) is 1.63. The molecule has 0 aromatic heterocycles. The van der Waals surface area contributed by atoms with E-state index in [0.29, 0.717) is 11.4 Å². The Bertz CT molecular complexity index is 535. The van der Waals surface area contributed by atoms with Gasteiger partial charge < -0.3 is 10.5 Å². The van der Waals surface area contributed by atoms with Crippen molar-refractivity contribution in [2.45, 2.75) is 6.92 Å². The van der Waals surface area contributed by atoms with Gasteiger partial charge in [0.15, 0.2) is 0 Å². The molecule has 2 aromatic rings. The summed E-state index contributed by atoms with van der Waals surface area (Å²) in [7, 11) is 0. The van der Waals surface area contributed by atoms with Crippen molar-refractivity contribution in [3.63, 3.8) is 0 Å². The Morgan fingerprint density at radius 2 is 1.82 bits per heavy atom. The van der Waals surface area contributed by atoms with Crippen LogP contribution in [-0.2, 0) is 4.79 Å². The fourth-order valence-electron chi connectivity index (χ4n) is 1.63. The number of anilines is 1. The number of rotatable bonds is 2. The fraction of sp³-hybridized carbons (Fsp3) is 0.0714. The summed E-state index contributed by atoms with van der Waals surface area (Å²) in [5, 5.41) is 0. The molecule has 0 amide bonds. The highest BCUT2D eigenvalue weighted by atomic mass is 16.5. The van der Waals surface area contributed by atoms with Crippen molar-refractivity contribution >= 4 is 11.7 Å². The summed E-state index contributed by atoms with van der Waals surface area (Å²) < 4.78 is 5.04. The summed E-state index contributed by atoms with van der Waals surface area (Å²) in [4.78, 5) is 10.9. The zero-order valence-corrected chi connectivity index (χ0v) is 9.51. The number of carbonyl (C=O) groups is 1. The van der Waals surface area contributed by atoms with E-state index >= 15 is 0 Å². The Labute approximate surface area is 99.8 Å². The third-order valence-corrected chi connectivity index (χ3v) is 2.37. The Hall–Kier alpha value is -2.29. The van der Waals surface area contributed by atoms with Crippen LogP contribution in [-0.4, -0.2) is 5.97 Å². The molecule has 3 nitrogen and oxygen atoms in total. The second-order valence-electron chi connectivity index (χ2n) is 3.71. The van der Waals surface area contributed by atoms with Gasteiger partial charge in [-0.25, -0.2) is 0 Å². The molecule has 0 atom stereocenters. The molecule has 0 radical (unpaired) electrons. The highest BCUT2D eigenvalue weighted by Gasteiger charge is 2.05. The lowest BCUT2D eigenvalue weighted by atomic mass is 10.0. The van der Waals surface area contributed by atoms with Crippen LogP contribution in [0.15, 0.2) is 48.5 Å². The SMILES string of the molecule is CC(=O)Oc1ccc(N)c(-c2ccccc2)c1. The van der Waals surface area contributed by atoms with Gasteiger partial charge in [-0.1, -0.05) is 30.3 Å². The molecule has 0 aliphatic rings. The smallest absolute Gasteiger partial charge is 0.308 e. The largest absolute Gasteiger partial charge is 0.427 e. The van der Waals surface area contributed by atoms with Gasteiger partial charge in [-0.05, 0) is 23.8 Å². The van der Waals surface area contributed by atoms with Gasteiger partial charge in [0.25, 0.3) is 0 Å². The predicted molar refractivity (Wildman–Crippen MR) is 67.6 cm³/mol. The maximum atomic E-state index is 10.9. The molecule has 0 aliphatic carbocycles. The molecule has 0 heterocycles. The van der Waals surface area contributed by atoms with Crippen LogP contribution in [0.1, 0.15) is 6.92 Å². The Balaban J connectivity index is 2.43. The quantitative estimate of drug-likeness (QED) is 0.487. The predicted octanol–water partition coefficient (Wildman–Crippen LogP) is 2.86. The third kappa shape index (κ3) is 2.64. The molecule has 0 fully saturated rings. The topological polar surface area (TPSA) is 52.3 Å². The first-order valence-corrected chi connectivity index (χ1v) is 5.30. The van der Waals surface area contributed by atoms with Crippen molar-refractivity contribution in [2.24, 2.45) is 0 Å². The van der Waals surface area contributed by atoms with Crippen molar-refractivity contribution in [3.05, 3.63) is 48.5 Å². The second-order valence-corrected chi connectivity index (χ2v) is 3.71. The lowest BCUT2D eigenvalue weighted by molar-refractivity contribution is -0.131. The Kier molecular flexibility index (Phi) is 3.10. The average molecular weight is 227 g/mol. The van der Waals surface area contributed by atoms with E-state index in [9.17, 15) is 4.79 Å². The first-order chi connectivity index (χ1) is 8.16. The van der Waals surface area contributed by atoms with E-state index in [-0.39, 0.29) is 5.97 Å². The molecule has 2 rings (SSSR count). The molecule has 0 bridgehead atoms. The molecule has 0 spiro atoms. The number of esters is 1. The van der Waals surface area contributed by atoms with Crippen LogP contribution in [0.5, 0.6) is 5.75 Å². The average Bonchev–Trinajstić information content (AvgIpc) is 2.32. The summed E-state index contributed by atoms with van der Waals surface area (Å²) in [5.74, 6) is 0.166. The summed E-state index contributed by atoms with van der Waals surface area (Å²) in [6.07, 6.45) is 0. The molecule has 3 heteroatoms. The normalized spacial score (nSPS) is 9.94. The zero-order chi connectivity index (χ0) is 12.3. The molecule has 0 aliphatic heterocycles. The number of ether oxygens (including phenoxy) is 1. The van der Waals surface area contributed by atoms with E-state index < -0.39 is 0 Å². The zero-order valence-electron chi connectivity index (χ0n) is 9.51. The molecule has 17 heavy (non-hydrogen) atoms. The van der Waals surface area contributed by atoms with Gasteiger partial charge in [0.05, 0.1) is 0 Å². The van der Waals surface area contributed by atoms with E-state index in [1.165, 1.54) is 6.92 Å². The molecule has 0 saturated heterocycles. The Morgan fingerprint density at radius 3 is 2.47 bits per heavy atom. The Morgan fingerprint density at radius 1 is 1.12 bits per heavy atom. The van der Waals surface area contributed by atoms with Gasteiger partial charge >= 0.3 is 5.97 Å². The van der Waals surface area contributed by atoms with E-state index in [4.69, 9.17) is 10.5 Å². The van der Waals surface area contributed by atoms with Crippen LogP contribution >= 0.6 is 0 Å². The lowest BCUT2D eigenvalue weighted by Crippen LogP contribution is -2.02. The molecular weight excluding hydrogens is 214 g/mol. The number of nitrogens with two attached hydrogens (primary N) is 1. The number of carbonyl (C=O) groups excluding carboxylic acids is 1. The molecular formula is C14H13NO2. The molecule has 0 unspecified atom stereocenters. The molecule has 2 N–H and O–H groups in total. The number of hydrogen-bond donors (Lipinski definition) is 1. The van der Waals surface area contributed by atoms with Gasteiger partial charge in [-0.2, -0.15) is 0 Å². The summed E-state index contributed by atoms with van der Waals surface area (Å²) in [6, 6.07) is 14.9. The highest BCUT2D eigenvalue weighted by Crippen LogP contribution is 2.29. The van der Waals surface area contributed by atoms with E-state index in [0.717, 1.165) is 11.1 Å². The van der Waals surface area contributed by atoms with Gasteiger partial charge in [-0.15, -0.1) is 0 Å². The van der Waals surface area contributed by atoms with E-state index in [1.54, 1.807) is 18.2 Å². The van der Waals surface area contributed by atoms with Gasteiger partial charge in [0, 0.05) is 18.2 Å². The number of benzene rings is 2. The lowest BCUT2D eigenvalue weighted by Gasteiger charge is -2.08. The van der Waals surface area contributed by atoms with Gasteiger partial charge in [0.2, 0.25) is 0 Å². The minimum Gasteiger partial charge on any atom is -0.427 e. The monoisotopic (exact) mass is 227 g/mol. The summed E-state index contributed by atoms with van der Waals surface area (Å²) in [6.45, 7) is 1.37. The van der Waals surface area contributed by atoms with Crippen LogP contribution in [0.3, 0.4) is 0 Å².